The summed E-state index contributed by atoms with van der Waals surface area (Å²) in [4.78, 5) is 25.3. The lowest BCUT2D eigenvalue weighted by Crippen LogP contribution is -2.57. The molecule has 0 aliphatic heterocycles. The molecule has 1 fully saturated rings. The second-order valence-electron chi connectivity index (χ2n) is 8.82. The number of H-pyrrole nitrogens is 1. The van der Waals surface area contributed by atoms with Gasteiger partial charge in [0.2, 0.25) is 0 Å². The smallest absolute Gasteiger partial charge is 0.408 e. The first-order valence-corrected chi connectivity index (χ1v) is 10.3. The van der Waals surface area contributed by atoms with Crippen LogP contribution >= 0.6 is 0 Å². The average Bonchev–Trinajstić information content (AvgIpc) is 3.16. The number of hydrogen-bond donors (Lipinski definition) is 3. The number of hydrogen-bond acceptors (Lipinski definition) is 4. The molecular formula is C22H29FN4O3. The maximum atomic E-state index is 13.2. The number of halogens is 1. The summed E-state index contributed by atoms with van der Waals surface area (Å²) in [6.45, 7) is 5.74. The molecule has 1 aliphatic carbocycles. The van der Waals surface area contributed by atoms with Gasteiger partial charge in [0.05, 0.1) is 23.0 Å². The van der Waals surface area contributed by atoms with Crippen LogP contribution in [0.3, 0.4) is 0 Å². The SMILES string of the molecule is CC(C)(C)OC(=O)NC1(CNC(=O)c2cn[nH]c2-c2ccc(F)cc2)CCCCC1. The first kappa shape index (κ1) is 21.8. The van der Waals surface area contributed by atoms with Crippen molar-refractivity contribution in [3.63, 3.8) is 0 Å². The van der Waals surface area contributed by atoms with Gasteiger partial charge in [-0.25, -0.2) is 9.18 Å². The number of ether oxygens (including phenoxy) is 1. The Hall–Kier alpha value is -2.90. The molecule has 7 nitrogen and oxygen atoms in total. The van der Waals surface area contributed by atoms with Crippen molar-refractivity contribution in [2.45, 2.75) is 64.0 Å². The zero-order chi connectivity index (χ0) is 21.8. The number of rotatable bonds is 5. The molecule has 2 aromatic rings. The molecule has 0 saturated heterocycles. The van der Waals surface area contributed by atoms with Gasteiger partial charge in [0, 0.05) is 12.1 Å². The van der Waals surface area contributed by atoms with Crippen LogP contribution in [0.2, 0.25) is 0 Å². The Balaban J connectivity index is 1.70. The minimum Gasteiger partial charge on any atom is -0.444 e. The fraction of sp³-hybridized carbons (Fsp3) is 0.500. The van der Waals surface area contributed by atoms with Crippen LogP contribution in [-0.2, 0) is 4.74 Å². The first-order valence-electron chi connectivity index (χ1n) is 10.3. The van der Waals surface area contributed by atoms with E-state index in [0.29, 0.717) is 23.4 Å². The van der Waals surface area contributed by atoms with Crippen molar-refractivity contribution in [2.24, 2.45) is 0 Å². The minimum absolute atomic E-state index is 0.291. The molecule has 3 N–H and O–H groups in total. The second kappa shape index (κ2) is 8.85. The normalized spacial score (nSPS) is 16.0. The molecule has 0 atom stereocenters. The Labute approximate surface area is 175 Å². The third kappa shape index (κ3) is 5.58. The van der Waals surface area contributed by atoms with Crippen molar-refractivity contribution in [3.05, 3.63) is 41.8 Å². The third-order valence-corrected chi connectivity index (χ3v) is 5.18. The van der Waals surface area contributed by atoms with Crippen LogP contribution in [0, 0.1) is 5.82 Å². The van der Waals surface area contributed by atoms with E-state index in [0.717, 1.165) is 32.1 Å². The Morgan fingerprint density at radius 2 is 1.83 bits per heavy atom. The number of nitrogens with one attached hydrogen (secondary N) is 3. The largest absolute Gasteiger partial charge is 0.444 e. The second-order valence-corrected chi connectivity index (χ2v) is 8.82. The molecular weight excluding hydrogens is 387 g/mol. The lowest BCUT2D eigenvalue weighted by Gasteiger charge is -2.38. The maximum Gasteiger partial charge on any atom is 0.408 e. The zero-order valence-corrected chi connectivity index (χ0v) is 17.7. The summed E-state index contributed by atoms with van der Waals surface area (Å²) < 4.78 is 18.6. The molecule has 1 saturated carbocycles. The molecule has 0 spiro atoms. The number of aromatic amines is 1. The van der Waals surface area contributed by atoms with Crippen molar-refractivity contribution >= 4 is 12.0 Å². The van der Waals surface area contributed by atoms with E-state index in [-0.39, 0.29) is 11.7 Å². The van der Waals surface area contributed by atoms with Crippen LogP contribution in [-0.4, -0.2) is 39.9 Å². The van der Waals surface area contributed by atoms with Gasteiger partial charge in [-0.3, -0.25) is 9.89 Å². The molecule has 1 aliphatic rings. The fourth-order valence-corrected chi connectivity index (χ4v) is 3.73. The average molecular weight is 416 g/mol. The van der Waals surface area contributed by atoms with E-state index in [1.54, 1.807) is 12.1 Å². The lowest BCUT2D eigenvalue weighted by atomic mass is 9.81. The molecule has 30 heavy (non-hydrogen) atoms. The summed E-state index contributed by atoms with van der Waals surface area (Å²) in [5.74, 6) is -0.657. The van der Waals surface area contributed by atoms with Crippen molar-refractivity contribution < 1.29 is 18.7 Å². The van der Waals surface area contributed by atoms with Gasteiger partial charge < -0.3 is 15.4 Å². The van der Waals surface area contributed by atoms with Crippen LogP contribution in [0.15, 0.2) is 30.5 Å². The quantitative estimate of drug-likeness (QED) is 0.681. The zero-order valence-electron chi connectivity index (χ0n) is 17.7. The highest BCUT2D eigenvalue weighted by atomic mass is 19.1. The monoisotopic (exact) mass is 416 g/mol. The standard InChI is InChI=1S/C22H29FN4O3/c1-21(2,3)30-20(29)26-22(11-5-4-6-12-22)14-24-19(28)17-13-25-27-18(17)15-7-9-16(23)10-8-15/h7-10,13H,4-6,11-12,14H2,1-3H3,(H,24,28)(H,25,27)(H,26,29). The van der Waals surface area contributed by atoms with Gasteiger partial charge in [-0.05, 0) is 57.9 Å². The van der Waals surface area contributed by atoms with Crippen molar-refractivity contribution in [2.75, 3.05) is 6.54 Å². The predicted molar refractivity (Wildman–Crippen MR) is 112 cm³/mol. The summed E-state index contributed by atoms with van der Waals surface area (Å²) >= 11 is 0. The molecule has 1 heterocycles. The number of amides is 2. The van der Waals surface area contributed by atoms with Gasteiger partial charge >= 0.3 is 6.09 Å². The van der Waals surface area contributed by atoms with Crippen LogP contribution < -0.4 is 10.6 Å². The third-order valence-electron chi connectivity index (χ3n) is 5.18. The first-order chi connectivity index (χ1) is 14.2. The highest BCUT2D eigenvalue weighted by Gasteiger charge is 2.35. The van der Waals surface area contributed by atoms with E-state index >= 15 is 0 Å². The van der Waals surface area contributed by atoms with Crippen molar-refractivity contribution in [1.29, 1.82) is 0 Å². The fourth-order valence-electron chi connectivity index (χ4n) is 3.73. The van der Waals surface area contributed by atoms with Crippen LogP contribution in [0.1, 0.15) is 63.2 Å². The Morgan fingerprint density at radius 1 is 1.17 bits per heavy atom. The Bertz CT molecular complexity index is 881. The van der Waals surface area contributed by atoms with Crippen LogP contribution in [0.5, 0.6) is 0 Å². The highest BCUT2D eigenvalue weighted by molar-refractivity contribution is 5.99. The van der Waals surface area contributed by atoms with Gasteiger partial charge in [0.25, 0.3) is 5.91 Å². The van der Waals surface area contributed by atoms with E-state index in [1.807, 2.05) is 20.8 Å². The molecule has 0 radical (unpaired) electrons. The molecule has 162 valence electrons. The molecule has 3 rings (SSSR count). The summed E-state index contributed by atoms with van der Waals surface area (Å²) in [7, 11) is 0. The van der Waals surface area contributed by atoms with E-state index in [4.69, 9.17) is 4.74 Å². The number of benzene rings is 1. The Kier molecular flexibility index (Phi) is 6.43. The van der Waals surface area contributed by atoms with Gasteiger partial charge in [-0.2, -0.15) is 5.10 Å². The summed E-state index contributed by atoms with van der Waals surface area (Å²) in [5, 5.41) is 12.7. The van der Waals surface area contributed by atoms with E-state index in [9.17, 15) is 14.0 Å². The lowest BCUT2D eigenvalue weighted by molar-refractivity contribution is 0.0419. The molecule has 1 aromatic heterocycles. The molecule has 0 unspecified atom stereocenters. The summed E-state index contributed by atoms with van der Waals surface area (Å²) in [5.41, 5.74) is 0.411. The van der Waals surface area contributed by atoms with E-state index in [2.05, 4.69) is 20.8 Å². The van der Waals surface area contributed by atoms with E-state index in [1.165, 1.54) is 18.3 Å². The van der Waals surface area contributed by atoms with Crippen molar-refractivity contribution in [3.8, 4) is 11.3 Å². The minimum atomic E-state index is -0.593. The van der Waals surface area contributed by atoms with Crippen LogP contribution in [0.4, 0.5) is 9.18 Å². The maximum absolute atomic E-state index is 13.2. The summed E-state index contributed by atoms with van der Waals surface area (Å²) in [6, 6.07) is 5.85. The Morgan fingerprint density at radius 3 is 2.47 bits per heavy atom. The molecule has 8 heteroatoms. The molecule has 0 bridgehead atoms. The van der Waals surface area contributed by atoms with Gasteiger partial charge in [-0.15, -0.1) is 0 Å². The highest BCUT2D eigenvalue weighted by Crippen LogP contribution is 2.29. The number of carbonyl (C=O) groups is 2. The van der Waals surface area contributed by atoms with Crippen LogP contribution in [0.25, 0.3) is 11.3 Å². The van der Waals surface area contributed by atoms with Gasteiger partial charge in [0.15, 0.2) is 0 Å². The number of alkyl carbamates (subject to hydrolysis) is 1. The van der Waals surface area contributed by atoms with Gasteiger partial charge in [0.1, 0.15) is 11.4 Å². The summed E-state index contributed by atoms with van der Waals surface area (Å²) in [6.07, 6.45) is 5.54. The number of aromatic nitrogens is 2. The molecule has 2 amide bonds. The number of nitrogens with zero attached hydrogens (tertiary/aromatic N) is 1. The topological polar surface area (TPSA) is 96.1 Å². The predicted octanol–water partition coefficient (Wildman–Crippen LogP) is 4.17. The van der Waals surface area contributed by atoms with E-state index < -0.39 is 17.2 Å². The molecule has 1 aromatic carbocycles. The van der Waals surface area contributed by atoms with Crippen molar-refractivity contribution in [1.82, 2.24) is 20.8 Å². The van der Waals surface area contributed by atoms with Gasteiger partial charge in [-0.1, -0.05) is 19.3 Å². The number of carbonyl (C=O) groups excluding carboxylic acids is 2.